The number of amides is 1. The van der Waals surface area contributed by atoms with Gasteiger partial charge in [0.2, 0.25) is 0 Å². The van der Waals surface area contributed by atoms with Gasteiger partial charge >= 0.3 is 0 Å². The molecule has 2 aliphatic rings. The first-order valence-corrected chi connectivity index (χ1v) is 13.1. The third-order valence-electron chi connectivity index (χ3n) is 7.37. The minimum Gasteiger partial charge on any atom is -0.508 e. The number of halogens is 1. The zero-order valence-electron chi connectivity index (χ0n) is 21.7. The molecule has 4 N–H and O–H groups in total. The molecule has 8 nitrogen and oxygen atoms in total. The molecule has 1 fully saturated rings. The largest absolute Gasteiger partial charge is 0.508 e. The highest BCUT2D eigenvalue weighted by Gasteiger charge is 2.42. The van der Waals surface area contributed by atoms with Gasteiger partial charge in [0.15, 0.2) is 0 Å². The Balaban J connectivity index is 1.32. The molecule has 1 spiro atoms. The van der Waals surface area contributed by atoms with Crippen LogP contribution in [0.1, 0.15) is 55.1 Å². The number of hydrogen-bond donors (Lipinski definition) is 4. The molecule has 2 aromatic carbocycles. The lowest BCUT2D eigenvalue weighted by Gasteiger charge is -2.39. The van der Waals surface area contributed by atoms with E-state index in [9.17, 15) is 20.1 Å². The number of rotatable bonds is 8. The van der Waals surface area contributed by atoms with Crippen LogP contribution in [0.2, 0.25) is 5.02 Å². The summed E-state index contributed by atoms with van der Waals surface area (Å²) in [7, 11) is 0. The van der Waals surface area contributed by atoms with Gasteiger partial charge in [-0.25, -0.2) is 0 Å². The molecule has 2 atom stereocenters. The number of aliphatic hydroxyl groups is 2. The van der Waals surface area contributed by atoms with Gasteiger partial charge in [-0.05, 0) is 53.6 Å². The molecule has 202 valence electrons. The van der Waals surface area contributed by atoms with Crippen molar-refractivity contribution in [1.29, 1.82) is 0 Å². The molecule has 2 heterocycles. The summed E-state index contributed by atoms with van der Waals surface area (Å²) in [5.74, 6) is -0.290. The van der Waals surface area contributed by atoms with E-state index in [1.807, 2.05) is 32.9 Å². The van der Waals surface area contributed by atoms with Crippen molar-refractivity contribution in [2.45, 2.75) is 58.0 Å². The first kappa shape index (κ1) is 27.7. The van der Waals surface area contributed by atoms with Gasteiger partial charge in [0.05, 0.1) is 30.4 Å². The van der Waals surface area contributed by atoms with E-state index >= 15 is 0 Å². The summed E-state index contributed by atoms with van der Waals surface area (Å²) < 4.78 is 12.0. The van der Waals surface area contributed by atoms with E-state index in [-0.39, 0.29) is 41.3 Å². The van der Waals surface area contributed by atoms with Gasteiger partial charge in [-0.2, -0.15) is 0 Å². The van der Waals surface area contributed by atoms with Crippen LogP contribution < -0.4 is 10.1 Å². The standard InChI is InChI=1S/C28H37ClN2O6/c1-27(2,3)25(15-32)30-26(35)22-6-5-20(33)13-24(22)36-17-21(34)14-31-10-8-28(9-11-31)23-7-4-19(29)12-18(23)16-37-28/h4-7,12-13,21,25,32-34H,8-11,14-17H2,1-3H3,(H,30,35)/t21-,25?/m1/s1. The molecule has 37 heavy (non-hydrogen) atoms. The molecule has 0 aliphatic carbocycles. The quantitative estimate of drug-likeness (QED) is 0.412. The van der Waals surface area contributed by atoms with E-state index in [1.54, 1.807) is 0 Å². The molecule has 9 heteroatoms. The SMILES string of the molecule is CC(C)(C)C(CO)NC(=O)c1ccc(O)cc1OC[C@H](O)CN1CCC2(CC1)OCc1cc(Cl)ccc12. The van der Waals surface area contributed by atoms with Gasteiger partial charge < -0.3 is 35.0 Å². The average molecular weight is 533 g/mol. The highest BCUT2D eigenvalue weighted by Crippen LogP contribution is 2.44. The number of aromatic hydroxyl groups is 1. The molecule has 1 saturated heterocycles. The van der Waals surface area contributed by atoms with Gasteiger partial charge in [0, 0.05) is 30.7 Å². The predicted octanol–water partition coefficient (Wildman–Crippen LogP) is 3.44. The molecule has 1 unspecified atom stereocenters. The van der Waals surface area contributed by atoms with Crippen LogP contribution >= 0.6 is 11.6 Å². The summed E-state index contributed by atoms with van der Waals surface area (Å²) in [6.07, 6.45) is 0.861. The number of nitrogens with zero attached hydrogens (tertiary/aromatic N) is 1. The van der Waals surface area contributed by atoms with Gasteiger partial charge in [-0.15, -0.1) is 0 Å². The third kappa shape index (κ3) is 6.38. The van der Waals surface area contributed by atoms with Crippen LogP contribution in [0, 0.1) is 5.41 Å². The zero-order chi connectivity index (χ0) is 26.8. The van der Waals surface area contributed by atoms with Gasteiger partial charge in [-0.1, -0.05) is 38.4 Å². The summed E-state index contributed by atoms with van der Waals surface area (Å²) in [4.78, 5) is 15.1. The summed E-state index contributed by atoms with van der Waals surface area (Å²) in [5.41, 5.74) is 1.95. The van der Waals surface area contributed by atoms with Crippen LogP contribution in [-0.4, -0.2) is 71.1 Å². The van der Waals surface area contributed by atoms with E-state index in [2.05, 4.69) is 16.3 Å². The number of likely N-dealkylation sites (tertiary alicyclic amines) is 1. The number of phenols is 1. The van der Waals surface area contributed by atoms with Crippen LogP contribution in [0.15, 0.2) is 36.4 Å². The molecule has 0 radical (unpaired) electrons. The lowest BCUT2D eigenvalue weighted by molar-refractivity contribution is -0.0835. The topological polar surface area (TPSA) is 111 Å². The predicted molar refractivity (Wildman–Crippen MR) is 141 cm³/mol. The number of β-amino-alcohol motifs (C(OH)–C–C–N with tert-alkyl or cyclic N) is 1. The Morgan fingerprint density at radius 3 is 2.62 bits per heavy atom. The fraction of sp³-hybridized carbons (Fsp3) is 0.536. The third-order valence-corrected chi connectivity index (χ3v) is 7.60. The zero-order valence-corrected chi connectivity index (χ0v) is 22.4. The lowest BCUT2D eigenvalue weighted by Crippen LogP contribution is -2.46. The molecule has 0 saturated carbocycles. The number of phenolic OH excluding ortho intramolecular Hbond substituents is 1. The number of piperidine rings is 1. The van der Waals surface area contributed by atoms with Crippen LogP contribution in [0.5, 0.6) is 11.5 Å². The van der Waals surface area contributed by atoms with E-state index in [0.717, 1.165) is 36.5 Å². The molecular weight excluding hydrogens is 496 g/mol. The Hall–Kier alpha value is -2.36. The molecule has 4 rings (SSSR count). The highest BCUT2D eigenvalue weighted by atomic mass is 35.5. The normalized spacial score (nSPS) is 18.9. The van der Waals surface area contributed by atoms with Crippen LogP contribution in [0.4, 0.5) is 0 Å². The van der Waals surface area contributed by atoms with Crippen molar-refractivity contribution in [2.75, 3.05) is 32.8 Å². The van der Waals surface area contributed by atoms with Crippen molar-refractivity contribution in [1.82, 2.24) is 10.2 Å². The molecule has 0 bridgehead atoms. The number of ether oxygens (including phenoxy) is 2. The minimum absolute atomic E-state index is 0.0358. The van der Waals surface area contributed by atoms with Crippen molar-refractivity contribution in [3.63, 3.8) is 0 Å². The Morgan fingerprint density at radius 2 is 1.95 bits per heavy atom. The second kappa shape index (κ2) is 11.2. The number of nitrogens with one attached hydrogen (secondary N) is 1. The van der Waals surface area contributed by atoms with Crippen molar-refractivity contribution in [2.24, 2.45) is 5.41 Å². The Morgan fingerprint density at radius 1 is 1.22 bits per heavy atom. The molecular formula is C28H37ClN2O6. The molecule has 1 amide bonds. The first-order valence-electron chi connectivity index (χ1n) is 12.7. The fourth-order valence-corrected chi connectivity index (χ4v) is 5.25. The van der Waals surface area contributed by atoms with Crippen LogP contribution in [0.25, 0.3) is 0 Å². The van der Waals surface area contributed by atoms with Crippen molar-refractivity contribution >= 4 is 17.5 Å². The van der Waals surface area contributed by atoms with Crippen molar-refractivity contribution < 1.29 is 29.6 Å². The molecule has 0 aromatic heterocycles. The van der Waals surface area contributed by atoms with Crippen molar-refractivity contribution in [3.05, 3.63) is 58.1 Å². The fourth-order valence-electron chi connectivity index (χ4n) is 5.06. The van der Waals surface area contributed by atoms with Gasteiger partial charge in [0.1, 0.15) is 24.2 Å². The summed E-state index contributed by atoms with van der Waals surface area (Å²) in [6.45, 7) is 8.07. The smallest absolute Gasteiger partial charge is 0.255 e. The van der Waals surface area contributed by atoms with E-state index in [0.29, 0.717) is 13.2 Å². The maximum Gasteiger partial charge on any atom is 0.255 e. The maximum atomic E-state index is 12.9. The monoisotopic (exact) mass is 532 g/mol. The van der Waals surface area contributed by atoms with Gasteiger partial charge in [-0.3, -0.25) is 4.79 Å². The Labute approximate surface area is 223 Å². The summed E-state index contributed by atoms with van der Waals surface area (Å²) >= 11 is 6.14. The summed E-state index contributed by atoms with van der Waals surface area (Å²) in [5, 5.41) is 33.9. The minimum atomic E-state index is -0.789. The number of carbonyl (C=O) groups is 1. The number of hydrogen-bond acceptors (Lipinski definition) is 7. The lowest BCUT2D eigenvalue weighted by atomic mass is 9.84. The van der Waals surface area contributed by atoms with E-state index in [4.69, 9.17) is 21.1 Å². The average Bonchev–Trinajstić information content (AvgIpc) is 3.18. The first-order chi connectivity index (χ1) is 17.5. The second-order valence-corrected chi connectivity index (χ2v) is 11.5. The Kier molecular flexibility index (Phi) is 8.35. The van der Waals surface area contributed by atoms with Gasteiger partial charge in [0.25, 0.3) is 5.91 Å². The summed E-state index contributed by atoms with van der Waals surface area (Å²) in [6, 6.07) is 9.73. The number of benzene rings is 2. The number of aliphatic hydroxyl groups excluding tert-OH is 2. The van der Waals surface area contributed by atoms with Crippen molar-refractivity contribution in [3.8, 4) is 11.5 Å². The molecule has 2 aromatic rings. The van der Waals surface area contributed by atoms with E-state index < -0.39 is 18.1 Å². The Bertz CT molecular complexity index is 1110. The van der Waals surface area contributed by atoms with Crippen LogP contribution in [0.3, 0.4) is 0 Å². The van der Waals surface area contributed by atoms with E-state index in [1.165, 1.54) is 23.8 Å². The second-order valence-electron chi connectivity index (χ2n) is 11.1. The van der Waals surface area contributed by atoms with Crippen LogP contribution in [-0.2, 0) is 16.9 Å². The highest BCUT2D eigenvalue weighted by molar-refractivity contribution is 6.30. The molecule has 2 aliphatic heterocycles. The number of fused-ring (bicyclic) bond motifs is 2. The number of carbonyl (C=O) groups excluding carboxylic acids is 1. The maximum absolute atomic E-state index is 12.9.